The van der Waals surface area contributed by atoms with E-state index < -0.39 is 0 Å². The molecule has 0 amide bonds. The Kier molecular flexibility index (Phi) is 3.92. The Morgan fingerprint density at radius 2 is 2.10 bits per heavy atom. The van der Waals surface area contributed by atoms with Crippen LogP contribution in [0.5, 0.6) is 0 Å². The number of hydrogen-bond acceptors (Lipinski definition) is 5. The molecule has 1 atom stereocenters. The molecule has 0 N–H and O–H groups in total. The summed E-state index contributed by atoms with van der Waals surface area (Å²) in [4.78, 5) is 15.0. The lowest BCUT2D eigenvalue weighted by atomic mass is 10.3. The average molecular weight is 313 g/mol. The number of aromatic nitrogens is 3. The molecular formula is C13H14Cl2N4O. The van der Waals surface area contributed by atoms with Crippen LogP contribution in [0.4, 0.5) is 5.82 Å². The zero-order valence-electron chi connectivity index (χ0n) is 11.0. The molecule has 5 nitrogen and oxygen atoms in total. The number of fused-ring (bicyclic) bond motifs is 1. The SMILES string of the molecule is CC1CN(c2nc(Cl)nc3ccc(Cl)nc23)CCCO1. The van der Waals surface area contributed by atoms with Crippen LogP contribution in [0.25, 0.3) is 11.0 Å². The lowest BCUT2D eigenvalue weighted by Crippen LogP contribution is -2.31. The number of rotatable bonds is 1. The van der Waals surface area contributed by atoms with E-state index >= 15 is 0 Å². The summed E-state index contributed by atoms with van der Waals surface area (Å²) >= 11 is 12.0. The second kappa shape index (κ2) is 5.68. The van der Waals surface area contributed by atoms with Gasteiger partial charge in [-0.25, -0.2) is 9.97 Å². The summed E-state index contributed by atoms with van der Waals surface area (Å²) in [6.07, 6.45) is 1.08. The summed E-state index contributed by atoms with van der Waals surface area (Å²) < 4.78 is 5.66. The first-order chi connectivity index (χ1) is 9.63. The molecule has 1 fully saturated rings. The van der Waals surface area contributed by atoms with Gasteiger partial charge in [-0.1, -0.05) is 11.6 Å². The molecule has 0 saturated carbocycles. The topological polar surface area (TPSA) is 51.1 Å². The monoisotopic (exact) mass is 312 g/mol. The van der Waals surface area contributed by atoms with E-state index in [1.165, 1.54) is 0 Å². The van der Waals surface area contributed by atoms with E-state index in [2.05, 4.69) is 19.9 Å². The van der Waals surface area contributed by atoms with Gasteiger partial charge in [-0.15, -0.1) is 0 Å². The van der Waals surface area contributed by atoms with Crippen molar-refractivity contribution in [2.75, 3.05) is 24.6 Å². The van der Waals surface area contributed by atoms with Gasteiger partial charge in [0.2, 0.25) is 5.28 Å². The molecule has 7 heteroatoms. The van der Waals surface area contributed by atoms with E-state index in [1.807, 2.05) is 6.92 Å². The molecule has 2 aromatic heterocycles. The zero-order chi connectivity index (χ0) is 14.1. The van der Waals surface area contributed by atoms with Gasteiger partial charge in [-0.3, -0.25) is 0 Å². The van der Waals surface area contributed by atoms with Gasteiger partial charge in [-0.2, -0.15) is 4.98 Å². The zero-order valence-corrected chi connectivity index (χ0v) is 12.5. The first-order valence-electron chi connectivity index (χ1n) is 6.50. The highest BCUT2D eigenvalue weighted by molar-refractivity contribution is 6.30. The highest BCUT2D eigenvalue weighted by Gasteiger charge is 2.20. The van der Waals surface area contributed by atoms with Crippen molar-refractivity contribution in [2.45, 2.75) is 19.4 Å². The summed E-state index contributed by atoms with van der Waals surface area (Å²) in [6.45, 7) is 4.39. The van der Waals surface area contributed by atoms with Crippen LogP contribution in [0.1, 0.15) is 13.3 Å². The third-order valence-electron chi connectivity index (χ3n) is 3.21. The van der Waals surface area contributed by atoms with Gasteiger partial charge in [0.1, 0.15) is 10.7 Å². The van der Waals surface area contributed by atoms with Gasteiger partial charge >= 0.3 is 0 Å². The Bertz CT molecular complexity index is 637. The Balaban J connectivity index is 2.11. The van der Waals surface area contributed by atoms with Crippen LogP contribution in [-0.4, -0.2) is 40.8 Å². The Morgan fingerprint density at radius 1 is 1.25 bits per heavy atom. The number of ether oxygens (including phenoxy) is 1. The highest BCUT2D eigenvalue weighted by Crippen LogP contribution is 2.26. The quantitative estimate of drug-likeness (QED) is 0.598. The van der Waals surface area contributed by atoms with E-state index in [9.17, 15) is 0 Å². The van der Waals surface area contributed by atoms with E-state index in [1.54, 1.807) is 12.1 Å². The van der Waals surface area contributed by atoms with Crippen molar-refractivity contribution in [1.29, 1.82) is 0 Å². The normalized spacial score (nSPS) is 20.1. The first kappa shape index (κ1) is 13.8. The van der Waals surface area contributed by atoms with Gasteiger partial charge < -0.3 is 9.64 Å². The molecule has 1 saturated heterocycles. The van der Waals surface area contributed by atoms with Crippen molar-refractivity contribution in [3.05, 3.63) is 22.6 Å². The summed E-state index contributed by atoms with van der Waals surface area (Å²) in [7, 11) is 0. The minimum atomic E-state index is 0.139. The van der Waals surface area contributed by atoms with Crippen LogP contribution in [0, 0.1) is 0 Å². The van der Waals surface area contributed by atoms with Crippen LogP contribution in [0.3, 0.4) is 0 Å². The van der Waals surface area contributed by atoms with Gasteiger partial charge in [0.05, 0.1) is 11.6 Å². The Morgan fingerprint density at radius 3 is 2.95 bits per heavy atom. The molecule has 0 radical (unpaired) electrons. The lowest BCUT2D eigenvalue weighted by molar-refractivity contribution is 0.0820. The number of halogens is 2. The maximum Gasteiger partial charge on any atom is 0.225 e. The number of hydrogen-bond donors (Lipinski definition) is 0. The van der Waals surface area contributed by atoms with Gasteiger partial charge in [-0.05, 0) is 37.1 Å². The second-order valence-corrected chi connectivity index (χ2v) is 5.52. The third-order valence-corrected chi connectivity index (χ3v) is 3.59. The summed E-state index contributed by atoms with van der Waals surface area (Å²) in [5.41, 5.74) is 1.37. The Hall–Kier alpha value is -1.17. The maximum absolute atomic E-state index is 6.02. The number of pyridine rings is 1. The minimum absolute atomic E-state index is 0.139. The molecule has 1 aliphatic heterocycles. The van der Waals surface area contributed by atoms with E-state index in [0.717, 1.165) is 31.9 Å². The van der Waals surface area contributed by atoms with Crippen molar-refractivity contribution >= 4 is 40.1 Å². The molecule has 1 unspecified atom stereocenters. The van der Waals surface area contributed by atoms with Gasteiger partial charge in [0.15, 0.2) is 5.82 Å². The smallest absolute Gasteiger partial charge is 0.225 e. The van der Waals surface area contributed by atoms with Crippen molar-refractivity contribution in [3.8, 4) is 0 Å². The first-order valence-corrected chi connectivity index (χ1v) is 7.25. The molecule has 3 heterocycles. The molecule has 1 aliphatic rings. The lowest BCUT2D eigenvalue weighted by Gasteiger charge is -2.23. The standard InChI is InChI=1S/C13H14Cl2N4O/c1-8-7-19(5-2-6-20-8)12-11-9(16-13(15)18-12)3-4-10(14)17-11/h3-4,8H,2,5-7H2,1H3. The fourth-order valence-electron chi connectivity index (χ4n) is 2.35. The van der Waals surface area contributed by atoms with E-state index in [0.29, 0.717) is 16.2 Å². The molecule has 0 spiro atoms. The molecule has 0 bridgehead atoms. The minimum Gasteiger partial charge on any atom is -0.377 e. The summed E-state index contributed by atoms with van der Waals surface area (Å²) in [5.74, 6) is 0.722. The van der Waals surface area contributed by atoms with Gasteiger partial charge in [0, 0.05) is 19.7 Å². The average Bonchev–Trinajstić information content (AvgIpc) is 2.63. The second-order valence-electron chi connectivity index (χ2n) is 4.80. The van der Waals surface area contributed by atoms with Crippen molar-refractivity contribution in [3.63, 3.8) is 0 Å². The van der Waals surface area contributed by atoms with Crippen LogP contribution < -0.4 is 4.90 Å². The van der Waals surface area contributed by atoms with Crippen LogP contribution >= 0.6 is 23.2 Å². The van der Waals surface area contributed by atoms with E-state index in [4.69, 9.17) is 27.9 Å². The van der Waals surface area contributed by atoms with E-state index in [-0.39, 0.29) is 11.4 Å². The van der Waals surface area contributed by atoms with Crippen molar-refractivity contribution in [1.82, 2.24) is 15.0 Å². The largest absolute Gasteiger partial charge is 0.377 e. The van der Waals surface area contributed by atoms with Crippen molar-refractivity contribution in [2.24, 2.45) is 0 Å². The van der Waals surface area contributed by atoms with Crippen LogP contribution in [-0.2, 0) is 4.74 Å². The molecule has 20 heavy (non-hydrogen) atoms. The molecule has 3 rings (SSSR count). The van der Waals surface area contributed by atoms with Crippen molar-refractivity contribution < 1.29 is 4.74 Å². The molecule has 0 aliphatic carbocycles. The van der Waals surface area contributed by atoms with Gasteiger partial charge in [0.25, 0.3) is 0 Å². The highest BCUT2D eigenvalue weighted by atomic mass is 35.5. The fourth-order valence-corrected chi connectivity index (χ4v) is 2.67. The predicted octanol–water partition coefficient (Wildman–Crippen LogP) is 2.95. The number of anilines is 1. The Labute approximate surface area is 126 Å². The van der Waals surface area contributed by atoms with Crippen LogP contribution in [0.15, 0.2) is 12.1 Å². The molecule has 2 aromatic rings. The van der Waals surface area contributed by atoms with Crippen LogP contribution in [0.2, 0.25) is 10.4 Å². The molecule has 106 valence electrons. The number of nitrogens with zero attached hydrogens (tertiary/aromatic N) is 4. The maximum atomic E-state index is 6.02. The predicted molar refractivity (Wildman–Crippen MR) is 79.6 cm³/mol. The summed E-state index contributed by atoms with van der Waals surface area (Å²) in [6, 6.07) is 3.50. The summed E-state index contributed by atoms with van der Waals surface area (Å²) in [5, 5.41) is 0.637. The fraction of sp³-hybridized carbons (Fsp3) is 0.462. The molecular weight excluding hydrogens is 299 g/mol. The third kappa shape index (κ3) is 2.80. The molecule has 0 aromatic carbocycles.